The van der Waals surface area contributed by atoms with E-state index in [0.717, 1.165) is 24.2 Å². The second-order valence-electron chi connectivity index (χ2n) is 7.31. The Morgan fingerprint density at radius 2 is 1.52 bits per heavy atom. The van der Waals surface area contributed by atoms with Gasteiger partial charge in [0.05, 0.1) is 0 Å². The fourth-order valence-corrected chi connectivity index (χ4v) is 2.99. The Morgan fingerprint density at radius 1 is 0.960 bits per heavy atom. The van der Waals surface area contributed by atoms with Gasteiger partial charge in [0.1, 0.15) is 0 Å². The van der Waals surface area contributed by atoms with E-state index in [1.165, 1.54) is 0 Å². The monoisotopic (exact) mass is 358 g/mol. The number of anilines is 1. The molecule has 2 aromatic rings. The number of benzene rings is 1. The summed E-state index contributed by atoms with van der Waals surface area (Å²) in [6, 6.07) is 7.63. The van der Waals surface area contributed by atoms with Crippen molar-refractivity contribution < 1.29 is 4.79 Å². The first-order chi connectivity index (χ1) is 11.8. The standard InChI is InChI=1S/C19H23ClN4O/c1-19(2,3)17(25)23-8-10-24(11-9-23)18-21-12-15(13-22-18)14-4-6-16(20)7-5-14/h4-7,12-13H,8-11H2,1-3H3. The van der Waals surface area contributed by atoms with Gasteiger partial charge in [-0.3, -0.25) is 4.79 Å². The molecule has 0 bridgehead atoms. The zero-order valence-corrected chi connectivity index (χ0v) is 15.6. The number of hydrogen-bond acceptors (Lipinski definition) is 4. The summed E-state index contributed by atoms with van der Waals surface area (Å²) in [5.74, 6) is 0.909. The van der Waals surface area contributed by atoms with Crippen LogP contribution < -0.4 is 4.90 Å². The van der Waals surface area contributed by atoms with Crippen LogP contribution in [-0.2, 0) is 4.79 Å². The summed E-state index contributed by atoms with van der Waals surface area (Å²) < 4.78 is 0. The number of carbonyl (C=O) groups excluding carboxylic acids is 1. The predicted molar refractivity (Wildman–Crippen MR) is 101 cm³/mol. The highest BCUT2D eigenvalue weighted by Crippen LogP contribution is 2.22. The molecule has 1 aromatic heterocycles. The van der Waals surface area contributed by atoms with Crippen LogP contribution in [0, 0.1) is 5.41 Å². The van der Waals surface area contributed by atoms with E-state index in [4.69, 9.17) is 11.6 Å². The van der Waals surface area contributed by atoms with Crippen molar-refractivity contribution in [1.82, 2.24) is 14.9 Å². The van der Waals surface area contributed by atoms with Gasteiger partial charge in [0.15, 0.2) is 0 Å². The third-order valence-electron chi connectivity index (χ3n) is 4.31. The molecule has 1 fully saturated rings. The van der Waals surface area contributed by atoms with Gasteiger partial charge in [0.2, 0.25) is 11.9 Å². The number of carbonyl (C=O) groups is 1. The molecule has 0 aliphatic carbocycles. The average Bonchev–Trinajstić information content (AvgIpc) is 2.61. The highest BCUT2D eigenvalue weighted by atomic mass is 35.5. The topological polar surface area (TPSA) is 49.3 Å². The van der Waals surface area contributed by atoms with Crippen molar-refractivity contribution in [2.45, 2.75) is 20.8 Å². The summed E-state index contributed by atoms with van der Waals surface area (Å²) in [4.78, 5) is 25.4. The first kappa shape index (κ1) is 17.7. The number of halogens is 1. The molecule has 6 heteroatoms. The second-order valence-corrected chi connectivity index (χ2v) is 7.74. The zero-order valence-electron chi connectivity index (χ0n) is 14.9. The van der Waals surface area contributed by atoms with Crippen LogP contribution in [-0.4, -0.2) is 47.0 Å². The van der Waals surface area contributed by atoms with Gasteiger partial charge >= 0.3 is 0 Å². The summed E-state index contributed by atoms with van der Waals surface area (Å²) in [5, 5.41) is 0.712. The molecule has 0 saturated carbocycles. The van der Waals surface area contributed by atoms with Crippen LogP contribution in [0.25, 0.3) is 11.1 Å². The molecule has 0 N–H and O–H groups in total. The lowest BCUT2D eigenvalue weighted by molar-refractivity contribution is -0.139. The van der Waals surface area contributed by atoms with E-state index in [0.29, 0.717) is 24.1 Å². The minimum Gasteiger partial charge on any atom is -0.339 e. The van der Waals surface area contributed by atoms with Crippen molar-refractivity contribution in [3.8, 4) is 11.1 Å². The van der Waals surface area contributed by atoms with E-state index in [-0.39, 0.29) is 11.3 Å². The predicted octanol–water partition coefficient (Wildman–Crippen LogP) is 3.49. The largest absolute Gasteiger partial charge is 0.339 e. The number of nitrogens with zero attached hydrogens (tertiary/aromatic N) is 4. The van der Waals surface area contributed by atoms with Gasteiger partial charge < -0.3 is 9.80 Å². The first-order valence-corrected chi connectivity index (χ1v) is 8.85. The lowest BCUT2D eigenvalue weighted by Gasteiger charge is -2.37. The van der Waals surface area contributed by atoms with Gasteiger partial charge in [-0.15, -0.1) is 0 Å². The molecule has 1 aliphatic rings. The van der Waals surface area contributed by atoms with Crippen molar-refractivity contribution in [2.75, 3.05) is 31.1 Å². The van der Waals surface area contributed by atoms with Crippen LogP contribution >= 0.6 is 11.6 Å². The van der Waals surface area contributed by atoms with Crippen LogP contribution in [0.1, 0.15) is 20.8 Å². The molecular formula is C19H23ClN4O. The minimum atomic E-state index is -0.334. The SMILES string of the molecule is CC(C)(C)C(=O)N1CCN(c2ncc(-c3ccc(Cl)cc3)cn2)CC1. The Hall–Kier alpha value is -2.14. The molecule has 3 rings (SSSR count). The molecule has 0 atom stereocenters. The number of hydrogen-bond donors (Lipinski definition) is 0. The molecule has 0 spiro atoms. The molecular weight excluding hydrogens is 336 g/mol. The quantitative estimate of drug-likeness (QED) is 0.824. The highest BCUT2D eigenvalue weighted by Gasteiger charge is 2.30. The Labute approximate surface area is 153 Å². The molecule has 1 aliphatic heterocycles. The summed E-state index contributed by atoms with van der Waals surface area (Å²) in [6.07, 6.45) is 3.66. The highest BCUT2D eigenvalue weighted by molar-refractivity contribution is 6.30. The van der Waals surface area contributed by atoms with Gasteiger partial charge in [0, 0.05) is 54.6 Å². The normalized spacial score (nSPS) is 15.4. The van der Waals surface area contributed by atoms with Crippen LogP contribution in [0.15, 0.2) is 36.7 Å². The molecule has 132 valence electrons. The maximum absolute atomic E-state index is 12.4. The number of aromatic nitrogens is 2. The molecule has 1 amide bonds. The number of amides is 1. The van der Waals surface area contributed by atoms with Crippen molar-refractivity contribution in [1.29, 1.82) is 0 Å². The van der Waals surface area contributed by atoms with Gasteiger partial charge in [-0.25, -0.2) is 9.97 Å². The Morgan fingerprint density at radius 3 is 2.04 bits per heavy atom. The van der Waals surface area contributed by atoms with Crippen molar-refractivity contribution in [2.24, 2.45) is 5.41 Å². The first-order valence-electron chi connectivity index (χ1n) is 8.47. The van der Waals surface area contributed by atoms with Crippen LogP contribution in [0.2, 0.25) is 5.02 Å². The fourth-order valence-electron chi connectivity index (χ4n) is 2.86. The van der Waals surface area contributed by atoms with Gasteiger partial charge in [-0.05, 0) is 17.7 Å². The molecule has 1 saturated heterocycles. The third-order valence-corrected chi connectivity index (χ3v) is 4.56. The molecule has 0 radical (unpaired) electrons. The number of rotatable bonds is 2. The third kappa shape index (κ3) is 4.10. The minimum absolute atomic E-state index is 0.200. The molecule has 0 unspecified atom stereocenters. The Bertz CT molecular complexity index is 730. The van der Waals surface area contributed by atoms with Gasteiger partial charge in [-0.1, -0.05) is 44.5 Å². The van der Waals surface area contributed by atoms with Crippen LogP contribution in [0.3, 0.4) is 0 Å². The summed E-state index contributed by atoms with van der Waals surface area (Å²) >= 11 is 5.92. The van der Waals surface area contributed by atoms with E-state index in [1.54, 1.807) is 0 Å². The lowest BCUT2D eigenvalue weighted by Crippen LogP contribution is -2.52. The molecule has 1 aromatic carbocycles. The van der Waals surface area contributed by atoms with E-state index in [2.05, 4.69) is 14.9 Å². The molecule has 2 heterocycles. The number of piperazine rings is 1. The van der Waals surface area contributed by atoms with Gasteiger partial charge in [-0.2, -0.15) is 0 Å². The Balaban J connectivity index is 1.64. The van der Waals surface area contributed by atoms with E-state index < -0.39 is 0 Å². The molecule has 25 heavy (non-hydrogen) atoms. The average molecular weight is 359 g/mol. The zero-order chi connectivity index (χ0) is 18.0. The van der Waals surface area contributed by atoms with Crippen molar-refractivity contribution in [3.63, 3.8) is 0 Å². The summed E-state index contributed by atoms with van der Waals surface area (Å²) in [6.45, 7) is 8.79. The van der Waals surface area contributed by atoms with Crippen molar-refractivity contribution >= 4 is 23.5 Å². The summed E-state index contributed by atoms with van der Waals surface area (Å²) in [5.41, 5.74) is 1.66. The molecule has 5 nitrogen and oxygen atoms in total. The Kier molecular flexibility index (Phi) is 4.95. The maximum atomic E-state index is 12.4. The van der Waals surface area contributed by atoms with Crippen LogP contribution in [0.4, 0.5) is 5.95 Å². The smallest absolute Gasteiger partial charge is 0.228 e. The lowest BCUT2D eigenvalue weighted by atomic mass is 9.94. The van der Waals surface area contributed by atoms with E-state index >= 15 is 0 Å². The van der Waals surface area contributed by atoms with E-state index in [9.17, 15) is 4.79 Å². The van der Waals surface area contributed by atoms with Crippen molar-refractivity contribution in [3.05, 3.63) is 41.7 Å². The van der Waals surface area contributed by atoms with E-state index in [1.807, 2.05) is 62.3 Å². The second kappa shape index (κ2) is 7.00. The van der Waals surface area contributed by atoms with Gasteiger partial charge in [0.25, 0.3) is 0 Å². The fraction of sp³-hybridized carbons (Fsp3) is 0.421. The summed E-state index contributed by atoms with van der Waals surface area (Å²) in [7, 11) is 0. The maximum Gasteiger partial charge on any atom is 0.228 e. The van der Waals surface area contributed by atoms with Crippen LogP contribution in [0.5, 0.6) is 0 Å².